The molecule has 3 aromatic rings. The molecule has 0 bridgehead atoms. The highest BCUT2D eigenvalue weighted by atomic mass is 16.2. The molecule has 25 heavy (non-hydrogen) atoms. The van der Waals surface area contributed by atoms with Crippen LogP contribution in [-0.2, 0) is 13.0 Å². The van der Waals surface area contributed by atoms with Gasteiger partial charge in [-0.3, -0.25) is 4.79 Å². The number of imidazole rings is 1. The summed E-state index contributed by atoms with van der Waals surface area (Å²) in [6.07, 6.45) is 3.78. The zero-order valence-corrected chi connectivity index (χ0v) is 14.3. The largest absolute Gasteiger partial charge is 0.346 e. The maximum atomic E-state index is 12.6. The van der Waals surface area contributed by atoms with Gasteiger partial charge in [0.2, 0.25) is 0 Å². The van der Waals surface area contributed by atoms with Crippen LogP contribution in [0.2, 0.25) is 0 Å². The monoisotopic (exact) mass is 336 g/mol. The zero-order valence-electron chi connectivity index (χ0n) is 14.3. The summed E-state index contributed by atoms with van der Waals surface area (Å²) in [5.74, 6) is 0.916. The van der Waals surface area contributed by atoms with E-state index in [0.717, 1.165) is 36.6 Å². The molecular weight excluding hydrogens is 316 g/mol. The molecule has 7 heteroatoms. The fourth-order valence-electron chi connectivity index (χ4n) is 3.22. The van der Waals surface area contributed by atoms with Gasteiger partial charge < -0.3 is 9.88 Å². The van der Waals surface area contributed by atoms with E-state index in [0.29, 0.717) is 11.4 Å². The first-order valence-electron chi connectivity index (χ1n) is 8.43. The van der Waals surface area contributed by atoms with E-state index in [1.807, 2.05) is 43.5 Å². The third-order valence-corrected chi connectivity index (χ3v) is 4.43. The molecule has 0 aliphatic carbocycles. The molecule has 0 unspecified atom stereocenters. The number of benzene rings is 1. The van der Waals surface area contributed by atoms with Gasteiger partial charge >= 0.3 is 0 Å². The number of carbonyl (C=O) groups excluding carboxylic acids is 1. The van der Waals surface area contributed by atoms with Crippen LogP contribution in [0.1, 0.15) is 34.1 Å². The van der Waals surface area contributed by atoms with Gasteiger partial charge in [-0.15, -0.1) is 5.10 Å². The Balaban J connectivity index is 1.49. The lowest BCUT2D eigenvalue weighted by Crippen LogP contribution is -2.41. The highest BCUT2D eigenvalue weighted by molar-refractivity contribution is 5.93. The van der Waals surface area contributed by atoms with Crippen molar-refractivity contribution in [1.82, 2.24) is 29.9 Å². The number of para-hydroxylation sites is 1. The lowest BCUT2D eigenvalue weighted by molar-refractivity contribution is 0.0921. The van der Waals surface area contributed by atoms with Gasteiger partial charge in [-0.25, -0.2) is 4.98 Å². The van der Waals surface area contributed by atoms with E-state index in [1.165, 1.54) is 4.80 Å². The predicted molar refractivity (Wildman–Crippen MR) is 92.6 cm³/mol. The Bertz CT molecular complexity index is 911. The number of nitrogens with zero attached hydrogens (tertiary/aromatic N) is 5. The second-order valence-corrected chi connectivity index (χ2v) is 6.42. The SMILES string of the molecule is Cc1cn2c(n1)CC[C@@H](NC(=O)c1nn(-c3ccccc3)nc1C)C2. The molecule has 128 valence electrons. The van der Waals surface area contributed by atoms with Crippen molar-refractivity contribution in [3.63, 3.8) is 0 Å². The van der Waals surface area contributed by atoms with Crippen molar-refractivity contribution in [3.8, 4) is 5.69 Å². The van der Waals surface area contributed by atoms with Gasteiger partial charge in [0.25, 0.3) is 5.91 Å². The summed E-state index contributed by atoms with van der Waals surface area (Å²) in [5.41, 5.74) is 2.84. The molecule has 1 aliphatic heterocycles. The third kappa shape index (κ3) is 3.05. The first-order chi connectivity index (χ1) is 12.1. The van der Waals surface area contributed by atoms with Crippen LogP contribution in [0.4, 0.5) is 0 Å². The smallest absolute Gasteiger partial charge is 0.274 e. The Labute approximate surface area is 145 Å². The minimum atomic E-state index is -0.176. The number of aryl methyl sites for hydroxylation is 3. The van der Waals surface area contributed by atoms with Gasteiger partial charge in [-0.2, -0.15) is 9.90 Å². The molecule has 0 fully saturated rings. The molecule has 0 radical (unpaired) electrons. The lowest BCUT2D eigenvalue weighted by atomic mass is 10.1. The zero-order chi connectivity index (χ0) is 17.4. The average molecular weight is 336 g/mol. The van der Waals surface area contributed by atoms with E-state index in [2.05, 4.69) is 25.1 Å². The third-order valence-electron chi connectivity index (χ3n) is 4.43. The number of hydrogen-bond donors (Lipinski definition) is 1. The van der Waals surface area contributed by atoms with Crippen molar-refractivity contribution < 1.29 is 4.79 Å². The fraction of sp³-hybridized carbons (Fsp3) is 0.333. The number of nitrogens with one attached hydrogen (secondary N) is 1. The van der Waals surface area contributed by atoms with Gasteiger partial charge in [0.05, 0.1) is 17.1 Å². The van der Waals surface area contributed by atoms with Gasteiger partial charge in [0.1, 0.15) is 5.82 Å². The van der Waals surface area contributed by atoms with E-state index in [1.54, 1.807) is 6.92 Å². The molecule has 0 spiro atoms. The standard InChI is InChI=1S/C18H20N6O/c1-12-10-23-11-14(8-9-16(23)19-12)20-18(25)17-13(2)21-24(22-17)15-6-4-3-5-7-15/h3-7,10,14H,8-9,11H2,1-2H3,(H,20,25)/t14-/m1/s1. The lowest BCUT2D eigenvalue weighted by Gasteiger charge is -2.24. The summed E-state index contributed by atoms with van der Waals surface area (Å²) in [5, 5.41) is 11.8. The van der Waals surface area contributed by atoms with Gasteiger partial charge in [-0.1, -0.05) is 18.2 Å². The summed E-state index contributed by atoms with van der Waals surface area (Å²) in [4.78, 5) is 18.6. The second-order valence-electron chi connectivity index (χ2n) is 6.42. The molecule has 1 amide bonds. The van der Waals surface area contributed by atoms with E-state index in [4.69, 9.17) is 0 Å². The van der Waals surface area contributed by atoms with Crippen LogP contribution in [0.3, 0.4) is 0 Å². The van der Waals surface area contributed by atoms with Crippen molar-refractivity contribution >= 4 is 5.91 Å². The molecule has 0 saturated heterocycles. The molecule has 0 saturated carbocycles. The van der Waals surface area contributed by atoms with Crippen LogP contribution >= 0.6 is 0 Å². The summed E-state index contributed by atoms with van der Waals surface area (Å²) in [6, 6.07) is 9.66. The molecular formula is C18H20N6O. The van der Waals surface area contributed by atoms with E-state index < -0.39 is 0 Å². The number of hydrogen-bond acceptors (Lipinski definition) is 4. The minimum absolute atomic E-state index is 0.0786. The summed E-state index contributed by atoms with van der Waals surface area (Å²) >= 11 is 0. The Morgan fingerprint density at radius 3 is 2.80 bits per heavy atom. The highest BCUT2D eigenvalue weighted by Gasteiger charge is 2.24. The van der Waals surface area contributed by atoms with Crippen LogP contribution in [0.25, 0.3) is 5.69 Å². The van der Waals surface area contributed by atoms with Gasteiger partial charge in [0, 0.05) is 25.2 Å². The van der Waals surface area contributed by atoms with Crippen molar-refractivity contribution in [1.29, 1.82) is 0 Å². The molecule has 7 nitrogen and oxygen atoms in total. The van der Waals surface area contributed by atoms with Crippen LogP contribution < -0.4 is 5.32 Å². The highest BCUT2D eigenvalue weighted by Crippen LogP contribution is 2.16. The van der Waals surface area contributed by atoms with Crippen LogP contribution in [-0.4, -0.2) is 36.5 Å². The molecule has 3 heterocycles. The number of carbonyl (C=O) groups is 1. The summed E-state index contributed by atoms with van der Waals surface area (Å²) < 4.78 is 2.12. The van der Waals surface area contributed by atoms with Crippen molar-refractivity contribution in [2.45, 2.75) is 39.3 Å². The molecule has 4 rings (SSSR count). The first kappa shape index (κ1) is 15.6. The molecule has 1 atom stereocenters. The maximum Gasteiger partial charge on any atom is 0.274 e. The quantitative estimate of drug-likeness (QED) is 0.791. The molecule has 2 aromatic heterocycles. The molecule has 1 aromatic carbocycles. The fourth-order valence-corrected chi connectivity index (χ4v) is 3.22. The van der Waals surface area contributed by atoms with E-state index >= 15 is 0 Å². The molecule has 1 N–H and O–H groups in total. The Morgan fingerprint density at radius 2 is 2.00 bits per heavy atom. The van der Waals surface area contributed by atoms with Crippen molar-refractivity contribution in [3.05, 3.63) is 59.4 Å². The number of aromatic nitrogens is 5. The topological polar surface area (TPSA) is 77.6 Å². The van der Waals surface area contributed by atoms with Crippen LogP contribution in [0.15, 0.2) is 36.5 Å². The normalized spacial score (nSPS) is 16.5. The Kier molecular flexibility index (Phi) is 3.83. The minimum Gasteiger partial charge on any atom is -0.346 e. The summed E-state index contributed by atoms with van der Waals surface area (Å²) in [7, 11) is 0. The average Bonchev–Trinajstić information content (AvgIpc) is 3.17. The number of rotatable bonds is 3. The predicted octanol–water partition coefficient (Wildman–Crippen LogP) is 1.83. The van der Waals surface area contributed by atoms with Gasteiger partial charge in [0.15, 0.2) is 5.69 Å². The van der Waals surface area contributed by atoms with Crippen molar-refractivity contribution in [2.75, 3.05) is 0 Å². The number of amides is 1. The second kappa shape index (κ2) is 6.16. The maximum absolute atomic E-state index is 12.6. The van der Waals surface area contributed by atoms with Crippen LogP contribution in [0, 0.1) is 13.8 Å². The van der Waals surface area contributed by atoms with Crippen LogP contribution in [0.5, 0.6) is 0 Å². The van der Waals surface area contributed by atoms with E-state index in [-0.39, 0.29) is 11.9 Å². The van der Waals surface area contributed by atoms with E-state index in [9.17, 15) is 4.79 Å². The summed E-state index contributed by atoms with van der Waals surface area (Å²) in [6.45, 7) is 4.54. The van der Waals surface area contributed by atoms with Crippen molar-refractivity contribution in [2.24, 2.45) is 0 Å². The number of fused-ring (bicyclic) bond motifs is 1. The first-order valence-corrected chi connectivity index (χ1v) is 8.43. The Hall–Kier alpha value is -2.96. The Morgan fingerprint density at radius 1 is 1.20 bits per heavy atom. The van der Waals surface area contributed by atoms with Gasteiger partial charge in [-0.05, 0) is 32.4 Å². The molecule has 1 aliphatic rings.